The monoisotopic (exact) mass is 289 g/mol. The van der Waals surface area contributed by atoms with Crippen LogP contribution in [0.25, 0.3) is 0 Å². The lowest BCUT2D eigenvalue weighted by Gasteiger charge is -2.28. The topological polar surface area (TPSA) is 49.6 Å². The molecule has 1 aromatic carbocycles. The van der Waals surface area contributed by atoms with Crippen molar-refractivity contribution in [3.05, 3.63) is 29.8 Å². The van der Waals surface area contributed by atoms with Gasteiger partial charge in [0.2, 0.25) is 5.91 Å². The summed E-state index contributed by atoms with van der Waals surface area (Å²) in [4.78, 5) is 16.2. The van der Waals surface area contributed by atoms with Gasteiger partial charge < -0.3 is 15.5 Å². The minimum absolute atomic E-state index is 0.0208. The molecule has 4 nitrogen and oxygen atoms in total. The van der Waals surface area contributed by atoms with Gasteiger partial charge in [0, 0.05) is 38.8 Å². The number of likely N-dealkylation sites (tertiary alicyclic amines) is 1. The predicted octanol–water partition coefficient (Wildman–Crippen LogP) is 2.40. The van der Waals surface area contributed by atoms with E-state index in [9.17, 15) is 4.79 Å². The molecule has 1 heterocycles. The number of hydrogen-bond donors (Lipinski definition) is 1. The predicted molar refractivity (Wildman–Crippen MR) is 87.3 cm³/mol. The maximum atomic E-state index is 12.2. The molecule has 2 rings (SSSR count). The normalized spacial score (nSPS) is 22.2. The fraction of sp³-hybridized carbons (Fsp3) is 0.588. The molecule has 0 aromatic heterocycles. The maximum absolute atomic E-state index is 12.2. The van der Waals surface area contributed by atoms with E-state index in [4.69, 9.17) is 5.73 Å². The van der Waals surface area contributed by atoms with E-state index in [1.807, 2.05) is 19.0 Å². The highest BCUT2D eigenvalue weighted by Gasteiger charge is 2.38. The molecule has 1 amide bonds. The van der Waals surface area contributed by atoms with Crippen LogP contribution in [0.5, 0.6) is 0 Å². The van der Waals surface area contributed by atoms with Crippen LogP contribution in [0.4, 0.5) is 5.69 Å². The van der Waals surface area contributed by atoms with Gasteiger partial charge in [0.05, 0.1) is 6.04 Å². The largest absolute Gasteiger partial charge is 0.378 e. The van der Waals surface area contributed by atoms with Gasteiger partial charge >= 0.3 is 0 Å². The van der Waals surface area contributed by atoms with Crippen molar-refractivity contribution in [3.63, 3.8) is 0 Å². The molecule has 0 bridgehead atoms. The lowest BCUT2D eigenvalue weighted by molar-refractivity contribution is -0.129. The molecule has 4 heteroatoms. The van der Waals surface area contributed by atoms with Gasteiger partial charge in [0.1, 0.15) is 0 Å². The molecule has 1 aliphatic heterocycles. The molecule has 2 N–H and O–H groups in total. The summed E-state index contributed by atoms with van der Waals surface area (Å²) in [6, 6.07) is 8.29. The Morgan fingerprint density at radius 3 is 2.43 bits per heavy atom. The van der Waals surface area contributed by atoms with E-state index < -0.39 is 0 Å². The Kier molecular flexibility index (Phi) is 4.88. The third kappa shape index (κ3) is 3.56. The second-order valence-electron chi connectivity index (χ2n) is 6.57. The molecule has 2 atom stereocenters. The molecule has 1 saturated heterocycles. The van der Waals surface area contributed by atoms with Crippen LogP contribution >= 0.6 is 0 Å². The van der Waals surface area contributed by atoms with Crippen molar-refractivity contribution in [2.24, 2.45) is 11.7 Å². The minimum atomic E-state index is -0.102. The summed E-state index contributed by atoms with van der Waals surface area (Å²) < 4.78 is 0. The third-order valence-corrected chi connectivity index (χ3v) is 4.17. The van der Waals surface area contributed by atoms with Crippen molar-refractivity contribution in [1.82, 2.24) is 4.90 Å². The number of benzene rings is 1. The summed E-state index contributed by atoms with van der Waals surface area (Å²) in [6.07, 6.45) is 1.48. The van der Waals surface area contributed by atoms with E-state index >= 15 is 0 Å². The van der Waals surface area contributed by atoms with Gasteiger partial charge in [-0.05, 0) is 30.0 Å². The first kappa shape index (κ1) is 15.8. The number of anilines is 1. The van der Waals surface area contributed by atoms with Crippen molar-refractivity contribution in [2.75, 3.05) is 25.5 Å². The molecule has 0 radical (unpaired) electrons. The lowest BCUT2D eigenvalue weighted by Crippen LogP contribution is -2.34. The first-order valence-electron chi connectivity index (χ1n) is 7.72. The van der Waals surface area contributed by atoms with Crippen LogP contribution in [-0.2, 0) is 4.79 Å². The smallest absolute Gasteiger partial charge is 0.224 e. The molecule has 1 fully saturated rings. The van der Waals surface area contributed by atoms with Crippen LogP contribution in [0.15, 0.2) is 24.3 Å². The van der Waals surface area contributed by atoms with Crippen molar-refractivity contribution >= 4 is 11.6 Å². The fourth-order valence-electron chi connectivity index (χ4n) is 2.87. The number of carbonyl (C=O) groups is 1. The number of nitrogens with zero attached hydrogens (tertiary/aromatic N) is 2. The summed E-state index contributed by atoms with van der Waals surface area (Å²) in [5.41, 5.74) is 8.52. The number of nitrogens with two attached hydrogens (primary N) is 1. The van der Waals surface area contributed by atoms with E-state index in [1.54, 1.807) is 0 Å². The Balaban J connectivity index is 2.19. The Morgan fingerprint density at radius 2 is 1.90 bits per heavy atom. The van der Waals surface area contributed by atoms with Gasteiger partial charge in [-0.25, -0.2) is 0 Å². The molecule has 116 valence electrons. The maximum Gasteiger partial charge on any atom is 0.224 e. The Morgan fingerprint density at radius 1 is 1.29 bits per heavy atom. The number of rotatable bonds is 5. The minimum Gasteiger partial charge on any atom is -0.378 e. The zero-order valence-corrected chi connectivity index (χ0v) is 13.5. The molecule has 0 aliphatic carbocycles. The van der Waals surface area contributed by atoms with Gasteiger partial charge in [-0.1, -0.05) is 26.0 Å². The second-order valence-corrected chi connectivity index (χ2v) is 6.57. The molecular formula is C17H27N3O. The summed E-state index contributed by atoms with van der Waals surface area (Å²) in [5.74, 6) is 0.774. The average Bonchev–Trinajstić information content (AvgIpc) is 2.70. The zero-order valence-electron chi connectivity index (χ0n) is 13.5. The average molecular weight is 289 g/mol. The van der Waals surface area contributed by atoms with E-state index in [0.717, 1.165) is 24.2 Å². The molecule has 1 aromatic rings. The number of amides is 1. The van der Waals surface area contributed by atoms with Gasteiger partial charge in [-0.3, -0.25) is 4.79 Å². The molecule has 0 spiro atoms. The SMILES string of the molecule is CC(C)CCN1C(=O)CC(N)C1c1ccc(N(C)C)cc1. The van der Waals surface area contributed by atoms with Crippen molar-refractivity contribution in [1.29, 1.82) is 0 Å². The highest BCUT2D eigenvalue weighted by Crippen LogP contribution is 2.33. The van der Waals surface area contributed by atoms with Crippen molar-refractivity contribution in [3.8, 4) is 0 Å². The standard InChI is InChI=1S/C17H27N3O/c1-12(2)9-10-20-16(21)11-15(18)17(20)13-5-7-14(8-6-13)19(3)4/h5-8,12,15,17H,9-11,18H2,1-4H3. The van der Waals surface area contributed by atoms with E-state index in [0.29, 0.717) is 12.3 Å². The second kappa shape index (κ2) is 6.48. The van der Waals surface area contributed by atoms with Crippen LogP contribution in [0, 0.1) is 5.92 Å². The Labute approximate surface area is 127 Å². The summed E-state index contributed by atoms with van der Waals surface area (Å²) in [5, 5.41) is 0. The number of carbonyl (C=O) groups excluding carboxylic acids is 1. The fourth-order valence-corrected chi connectivity index (χ4v) is 2.87. The van der Waals surface area contributed by atoms with Crippen LogP contribution in [-0.4, -0.2) is 37.5 Å². The molecule has 2 unspecified atom stereocenters. The van der Waals surface area contributed by atoms with E-state index in [-0.39, 0.29) is 18.0 Å². The molecule has 21 heavy (non-hydrogen) atoms. The van der Waals surface area contributed by atoms with Gasteiger partial charge in [0.25, 0.3) is 0 Å². The molecular weight excluding hydrogens is 262 g/mol. The van der Waals surface area contributed by atoms with E-state index in [1.165, 1.54) is 0 Å². The first-order chi connectivity index (χ1) is 9.90. The highest BCUT2D eigenvalue weighted by molar-refractivity contribution is 5.80. The molecule has 0 saturated carbocycles. The first-order valence-corrected chi connectivity index (χ1v) is 7.72. The molecule has 1 aliphatic rings. The zero-order chi connectivity index (χ0) is 15.6. The van der Waals surface area contributed by atoms with E-state index in [2.05, 4.69) is 43.0 Å². The Hall–Kier alpha value is -1.55. The lowest BCUT2D eigenvalue weighted by atomic mass is 10.00. The third-order valence-electron chi connectivity index (χ3n) is 4.17. The summed E-state index contributed by atoms with van der Waals surface area (Å²) in [6.45, 7) is 5.16. The summed E-state index contributed by atoms with van der Waals surface area (Å²) in [7, 11) is 4.05. The Bertz CT molecular complexity index is 481. The van der Waals surface area contributed by atoms with Crippen LogP contribution in [0.1, 0.15) is 38.3 Å². The van der Waals surface area contributed by atoms with Crippen molar-refractivity contribution in [2.45, 2.75) is 38.8 Å². The van der Waals surface area contributed by atoms with Crippen LogP contribution in [0.2, 0.25) is 0 Å². The van der Waals surface area contributed by atoms with Gasteiger partial charge in [0.15, 0.2) is 0 Å². The van der Waals surface area contributed by atoms with Gasteiger partial charge in [-0.2, -0.15) is 0 Å². The van der Waals surface area contributed by atoms with Crippen LogP contribution < -0.4 is 10.6 Å². The van der Waals surface area contributed by atoms with Gasteiger partial charge in [-0.15, -0.1) is 0 Å². The van der Waals surface area contributed by atoms with Crippen molar-refractivity contribution < 1.29 is 4.79 Å². The highest BCUT2D eigenvalue weighted by atomic mass is 16.2. The number of hydrogen-bond acceptors (Lipinski definition) is 3. The van der Waals surface area contributed by atoms with Crippen LogP contribution in [0.3, 0.4) is 0 Å². The quantitative estimate of drug-likeness (QED) is 0.905. The summed E-state index contributed by atoms with van der Waals surface area (Å²) >= 11 is 0.